The Kier molecular flexibility index (Phi) is 3.80. The summed E-state index contributed by atoms with van der Waals surface area (Å²) in [6.45, 7) is 2.10. The van der Waals surface area contributed by atoms with Gasteiger partial charge in [-0.05, 0) is 24.6 Å². The molecule has 3 rings (SSSR count). The highest BCUT2D eigenvalue weighted by molar-refractivity contribution is 5.86. The number of ether oxygens (including phenoxy) is 1. The predicted molar refractivity (Wildman–Crippen MR) is 83.4 cm³/mol. The third-order valence-corrected chi connectivity index (χ3v) is 3.86. The maximum absolute atomic E-state index is 13.0. The number of halogens is 3. The molecule has 120 valence electrons. The Bertz CT molecular complexity index is 849. The number of fused-ring (bicyclic) bond motifs is 1. The van der Waals surface area contributed by atoms with Gasteiger partial charge in [0.15, 0.2) is 0 Å². The molecule has 0 unspecified atom stereocenters. The zero-order chi connectivity index (χ0) is 16.6. The second kappa shape index (κ2) is 5.65. The summed E-state index contributed by atoms with van der Waals surface area (Å²) >= 11 is 0. The van der Waals surface area contributed by atoms with Gasteiger partial charge in [-0.1, -0.05) is 30.3 Å². The molecule has 5 heteroatoms. The van der Waals surface area contributed by atoms with Crippen LogP contribution in [-0.2, 0) is 19.8 Å². The molecule has 0 radical (unpaired) electrons. The molecule has 0 atom stereocenters. The molecule has 0 fully saturated rings. The predicted octanol–water partition coefficient (Wildman–Crippen LogP) is 5.08. The Labute approximate surface area is 132 Å². The molecule has 23 heavy (non-hydrogen) atoms. The Morgan fingerprint density at radius 1 is 1.04 bits per heavy atom. The van der Waals surface area contributed by atoms with Gasteiger partial charge in [0, 0.05) is 24.2 Å². The molecule has 0 spiro atoms. The summed E-state index contributed by atoms with van der Waals surface area (Å²) in [6, 6.07) is 11.2. The van der Waals surface area contributed by atoms with Crippen LogP contribution in [0.2, 0.25) is 0 Å². The second-order valence-corrected chi connectivity index (χ2v) is 5.52. The van der Waals surface area contributed by atoms with Crippen LogP contribution in [0.5, 0.6) is 5.75 Å². The molecule has 2 nitrogen and oxygen atoms in total. The third kappa shape index (κ3) is 2.91. The number of hydrogen-bond acceptors (Lipinski definition) is 1. The lowest BCUT2D eigenvalue weighted by molar-refractivity contribution is -0.139. The van der Waals surface area contributed by atoms with E-state index >= 15 is 0 Å². The van der Waals surface area contributed by atoms with Gasteiger partial charge >= 0.3 is 6.18 Å². The van der Waals surface area contributed by atoms with Gasteiger partial charge < -0.3 is 9.30 Å². The maximum atomic E-state index is 13.0. The van der Waals surface area contributed by atoms with Crippen LogP contribution in [0.3, 0.4) is 0 Å². The van der Waals surface area contributed by atoms with Gasteiger partial charge in [0.1, 0.15) is 12.4 Å². The van der Waals surface area contributed by atoms with Crippen LogP contribution in [0.1, 0.15) is 16.7 Å². The van der Waals surface area contributed by atoms with E-state index in [9.17, 15) is 13.2 Å². The summed E-state index contributed by atoms with van der Waals surface area (Å²) < 4.78 is 46.4. The topological polar surface area (TPSA) is 14.2 Å². The number of aryl methyl sites for hydroxylation is 2. The van der Waals surface area contributed by atoms with Gasteiger partial charge in [0.05, 0.1) is 11.1 Å². The van der Waals surface area contributed by atoms with Crippen LogP contribution in [-0.4, -0.2) is 4.57 Å². The van der Waals surface area contributed by atoms with Crippen molar-refractivity contribution in [3.05, 3.63) is 65.4 Å². The first-order valence-corrected chi connectivity index (χ1v) is 7.20. The summed E-state index contributed by atoms with van der Waals surface area (Å²) in [5.41, 5.74) is 2.29. The molecule has 0 bridgehead atoms. The molecule has 0 amide bonds. The first-order valence-electron chi connectivity index (χ1n) is 7.20. The van der Waals surface area contributed by atoms with E-state index in [4.69, 9.17) is 4.74 Å². The van der Waals surface area contributed by atoms with E-state index in [1.54, 1.807) is 0 Å². The van der Waals surface area contributed by atoms with E-state index in [1.165, 1.54) is 18.2 Å². The zero-order valence-electron chi connectivity index (χ0n) is 12.8. The quantitative estimate of drug-likeness (QED) is 0.656. The van der Waals surface area contributed by atoms with E-state index in [0.29, 0.717) is 0 Å². The number of alkyl halides is 3. The van der Waals surface area contributed by atoms with Crippen molar-refractivity contribution in [2.75, 3.05) is 0 Å². The van der Waals surface area contributed by atoms with Crippen LogP contribution < -0.4 is 4.74 Å². The molecule has 0 N–H and O–H groups in total. The maximum Gasteiger partial charge on any atom is 0.419 e. The largest absolute Gasteiger partial charge is 0.488 e. The summed E-state index contributed by atoms with van der Waals surface area (Å²) in [7, 11) is 1.92. The molecule has 0 aliphatic rings. The van der Waals surface area contributed by atoms with Crippen LogP contribution in [0.25, 0.3) is 10.9 Å². The first kappa shape index (κ1) is 15.5. The number of rotatable bonds is 3. The fourth-order valence-corrected chi connectivity index (χ4v) is 2.85. The Morgan fingerprint density at radius 3 is 2.52 bits per heavy atom. The van der Waals surface area contributed by atoms with E-state index in [-0.39, 0.29) is 12.4 Å². The number of benzene rings is 2. The number of aromatic nitrogens is 1. The minimum Gasteiger partial charge on any atom is -0.488 e. The number of para-hydroxylation sites is 2. The van der Waals surface area contributed by atoms with E-state index in [1.807, 2.05) is 42.9 Å². The van der Waals surface area contributed by atoms with E-state index in [0.717, 1.165) is 28.1 Å². The number of hydrogen-bond donors (Lipinski definition) is 0. The Hall–Kier alpha value is -2.43. The average Bonchev–Trinajstić information content (AvgIpc) is 2.82. The lowest BCUT2D eigenvalue weighted by Gasteiger charge is -2.13. The van der Waals surface area contributed by atoms with Gasteiger partial charge in [-0.3, -0.25) is 0 Å². The molecular weight excluding hydrogens is 303 g/mol. The Morgan fingerprint density at radius 2 is 1.78 bits per heavy atom. The lowest BCUT2D eigenvalue weighted by atomic mass is 10.1. The molecule has 1 heterocycles. The molecule has 2 aromatic carbocycles. The highest BCUT2D eigenvalue weighted by Gasteiger charge is 2.34. The molecule has 0 aliphatic carbocycles. The van der Waals surface area contributed by atoms with Gasteiger partial charge in [0.25, 0.3) is 0 Å². The van der Waals surface area contributed by atoms with Crippen LogP contribution in [0.15, 0.2) is 48.7 Å². The summed E-state index contributed by atoms with van der Waals surface area (Å²) in [5.74, 6) is -0.148. The minimum absolute atomic E-state index is 0.0912. The van der Waals surface area contributed by atoms with Crippen molar-refractivity contribution in [2.24, 2.45) is 7.05 Å². The Balaban J connectivity index is 1.92. The number of nitrogens with zero attached hydrogens (tertiary/aromatic N) is 1. The monoisotopic (exact) mass is 319 g/mol. The van der Waals surface area contributed by atoms with Crippen LogP contribution in [0, 0.1) is 6.92 Å². The standard InChI is InChI=1S/C18H16F3NO/c1-12-6-5-7-14-13(10-22(2)17(12)14)11-23-16-9-4-3-8-15(16)18(19,20)21/h3-10H,11H2,1-2H3. The highest BCUT2D eigenvalue weighted by Crippen LogP contribution is 2.36. The smallest absolute Gasteiger partial charge is 0.419 e. The van der Waals surface area contributed by atoms with E-state index in [2.05, 4.69) is 0 Å². The highest BCUT2D eigenvalue weighted by atomic mass is 19.4. The SMILES string of the molecule is Cc1cccc2c(COc3ccccc3C(F)(F)F)cn(C)c12. The van der Waals surface area contributed by atoms with Crippen molar-refractivity contribution in [1.29, 1.82) is 0 Å². The third-order valence-electron chi connectivity index (χ3n) is 3.86. The van der Waals surface area contributed by atoms with Gasteiger partial charge in [-0.25, -0.2) is 0 Å². The van der Waals surface area contributed by atoms with Gasteiger partial charge in [0.2, 0.25) is 0 Å². The molecule has 0 saturated heterocycles. The molecular formula is C18H16F3NO. The molecule has 3 aromatic rings. The van der Waals surface area contributed by atoms with E-state index < -0.39 is 11.7 Å². The van der Waals surface area contributed by atoms with Gasteiger partial charge in [-0.15, -0.1) is 0 Å². The van der Waals surface area contributed by atoms with Crippen molar-refractivity contribution in [3.63, 3.8) is 0 Å². The first-order chi connectivity index (χ1) is 10.9. The van der Waals surface area contributed by atoms with Gasteiger partial charge in [-0.2, -0.15) is 13.2 Å². The minimum atomic E-state index is -4.42. The average molecular weight is 319 g/mol. The van der Waals surface area contributed by atoms with Crippen LogP contribution in [0.4, 0.5) is 13.2 Å². The summed E-state index contributed by atoms with van der Waals surface area (Å²) in [4.78, 5) is 0. The summed E-state index contributed by atoms with van der Waals surface area (Å²) in [5, 5.41) is 0.997. The van der Waals surface area contributed by atoms with Crippen molar-refractivity contribution in [3.8, 4) is 5.75 Å². The molecule has 0 saturated carbocycles. The normalized spacial score (nSPS) is 11.9. The van der Waals surface area contributed by atoms with Crippen molar-refractivity contribution < 1.29 is 17.9 Å². The molecule has 1 aromatic heterocycles. The molecule has 0 aliphatic heterocycles. The van der Waals surface area contributed by atoms with Crippen molar-refractivity contribution >= 4 is 10.9 Å². The zero-order valence-corrected chi connectivity index (χ0v) is 12.8. The van der Waals surface area contributed by atoms with Crippen molar-refractivity contribution in [2.45, 2.75) is 19.7 Å². The summed E-state index contributed by atoms with van der Waals surface area (Å²) in [6.07, 6.45) is -2.53. The van der Waals surface area contributed by atoms with Crippen LogP contribution >= 0.6 is 0 Å². The second-order valence-electron chi connectivity index (χ2n) is 5.52. The lowest BCUT2D eigenvalue weighted by Crippen LogP contribution is -2.08. The fraction of sp³-hybridized carbons (Fsp3) is 0.222. The van der Waals surface area contributed by atoms with Crippen molar-refractivity contribution in [1.82, 2.24) is 4.57 Å². The fourth-order valence-electron chi connectivity index (χ4n) is 2.85.